The molecule has 0 atom stereocenters. The van der Waals surface area contributed by atoms with Crippen LogP contribution in [-0.2, 0) is 17.6 Å². The maximum Gasteiger partial charge on any atom is 0.269 e. The van der Waals surface area contributed by atoms with E-state index in [1.54, 1.807) is 12.1 Å². The molecule has 2 aromatic carbocycles. The minimum atomic E-state index is -0.407. The topological polar surface area (TPSA) is 96.9 Å². The van der Waals surface area contributed by atoms with Gasteiger partial charge in [0.05, 0.1) is 11.1 Å². The molecule has 2 aromatic rings. The molecule has 1 amide bonds. The molecule has 2 rings (SSSR count). The van der Waals surface area contributed by atoms with E-state index in [-0.39, 0.29) is 24.5 Å². The first-order valence-corrected chi connectivity index (χ1v) is 10.1. The van der Waals surface area contributed by atoms with Crippen LogP contribution in [0.3, 0.4) is 0 Å². The molecule has 0 aliphatic carbocycles. The molecular formula is C20H24BrCl2N3O3. The van der Waals surface area contributed by atoms with Gasteiger partial charge in [-0.3, -0.25) is 4.79 Å². The molecule has 0 heterocycles. The van der Waals surface area contributed by atoms with Crippen LogP contribution in [0.4, 0.5) is 0 Å². The van der Waals surface area contributed by atoms with Gasteiger partial charge in [-0.2, -0.15) is 0 Å². The van der Waals surface area contributed by atoms with Crippen molar-refractivity contribution in [1.29, 1.82) is 0 Å². The number of nitrogens with one attached hydrogen (secondary N) is 1. The summed E-state index contributed by atoms with van der Waals surface area (Å²) in [6.07, 6.45) is 1.62. The highest BCUT2D eigenvalue weighted by Gasteiger charge is 2.14. The van der Waals surface area contributed by atoms with Gasteiger partial charge in [-0.1, -0.05) is 35.0 Å². The van der Waals surface area contributed by atoms with Gasteiger partial charge in [0.25, 0.3) is 5.91 Å². The Kier molecular flexibility index (Phi) is 11.7. The first-order valence-electron chi connectivity index (χ1n) is 8.88. The van der Waals surface area contributed by atoms with Crippen molar-refractivity contribution in [2.75, 3.05) is 19.7 Å². The number of ether oxygens (including phenoxy) is 1. The molecular weight excluding hydrogens is 481 g/mol. The molecule has 0 aliphatic heterocycles. The van der Waals surface area contributed by atoms with Crippen molar-refractivity contribution < 1.29 is 14.7 Å². The third-order valence-electron chi connectivity index (χ3n) is 3.97. The zero-order chi connectivity index (χ0) is 20.4. The van der Waals surface area contributed by atoms with E-state index in [1.807, 2.05) is 30.3 Å². The summed E-state index contributed by atoms with van der Waals surface area (Å²) in [5, 5.41) is 15.8. The van der Waals surface area contributed by atoms with Gasteiger partial charge in [-0.25, -0.2) is 0 Å². The quantitative estimate of drug-likeness (QED) is 0.197. The third kappa shape index (κ3) is 8.62. The number of halogens is 3. The van der Waals surface area contributed by atoms with Crippen molar-refractivity contribution in [3.05, 3.63) is 63.1 Å². The Balaban J connectivity index is 0.00000420. The van der Waals surface area contributed by atoms with E-state index >= 15 is 0 Å². The molecule has 0 fully saturated rings. The maximum absolute atomic E-state index is 12.3. The molecule has 0 saturated carbocycles. The van der Waals surface area contributed by atoms with E-state index in [0.29, 0.717) is 36.9 Å². The average Bonchev–Trinajstić information content (AvgIpc) is 2.69. The number of oxime groups is 1. The summed E-state index contributed by atoms with van der Waals surface area (Å²) in [6.45, 7) is 1.53. The first kappa shape index (κ1) is 25.2. The number of amides is 1. The Morgan fingerprint density at radius 3 is 2.52 bits per heavy atom. The minimum Gasteiger partial charge on any atom is -0.492 e. The number of nitrogens with two attached hydrogens (primary N) is 1. The lowest BCUT2D eigenvalue weighted by Gasteiger charge is -2.10. The van der Waals surface area contributed by atoms with Crippen LogP contribution >= 0.6 is 39.9 Å². The second kappa shape index (κ2) is 13.4. The molecule has 0 radical (unpaired) electrons. The molecule has 0 aliphatic rings. The van der Waals surface area contributed by atoms with Gasteiger partial charge >= 0.3 is 0 Å². The van der Waals surface area contributed by atoms with E-state index < -0.39 is 5.91 Å². The number of hydrogen-bond acceptors (Lipinski definition) is 5. The molecule has 4 N–H and O–H groups in total. The lowest BCUT2D eigenvalue weighted by Crippen LogP contribution is -2.33. The lowest BCUT2D eigenvalue weighted by atomic mass is 10.1. The molecule has 158 valence electrons. The van der Waals surface area contributed by atoms with Gasteiger partial charge in [-0.05, 0) is 70.7 Å². The fraction of sp³-hybridized carbons (Fsp3) is 0.300. The average molecular weight is 505 g/mol. The van der Waals surface area contributed by atoms with Crippen LogP contribution in [0.2, 0.25) is 5.02 Å². The summed E-state index contributed by atoms with van der Waals surface area (Å²) >= 11 is 9.31. The predicted molar refractivity (Wildman–Crippen MR) is 122 cm³/mol. The van der Waals surface area contributed by atoms with Crippen molar-refractivity contribution >= 4 is 51.6 Å². The Labute approximate surface area is 190 Å². The number of rotatable bonds is 10. The molecule has 0 bridgehead atoms. The summed E-state index contributed by atoms with van der Waals surface area (Å²) in [4.78, 5) is 12.3. The smallest absolute Gasteiger partial charge is 0.269 e. The van der Waals surface area contributed by atoms with E-state index in [4.69, 9.17) is 22.1 Å². The number of carbonyl (C=O) groups excluding carboxylic acids is 1. The van der Waals surface area contributed by atoms with Gasteiger partial charge in [0.1, 0.15) is 11.5 Å². The van der Waals surface area contributed by atoms with E-state index in [9.17, 15) is 10.0 Å². The summed E-state index contributed by atoms with van der Waals surface area (Å²) in [6, 6.07) is 12.9. The molecule has 6 nitrogen and oxygen atoms in total. The molecule has 0 unspecified atom stereocenters. The van der Waals surface area contributed by atoms with Crippen LogP contribution in [0.5, 0.6) is 5.75 Å². The fourth-order valence-corrected chi connectivity index (χ4v) is 3.13. The largest absolute Gasteiger partial charge is 0.492 e. The highest BCUT2D eigenvalue weighted by atomic mass is 79.9. The highest BCUT2D eigenvalue weighted by Crippen LogP contribution is 2.26. The van der Waals surface area contributed by atoms with Gasteiger partial charge in [0.15, 0.2) is 0 Å². The first-order chi connectivity index (χ1) is 13.5. The zero-order valence-corrected chi connectivity index (χ0v) is 18.9. The number of hydrogen-bond donors (Lipinski definition) is 3. The van der Waals surface area contributed by atoms with E-state index in [0.717, 1.165) is 22.0 Å². The lowest BCUT2D eigenvalue weighted by molar-refractivity contribution is -0.115. The van der Waals surface area contributed by atoms with Gasteiger partial charge in [0, 0.05) is 18.0 Å². The highest BCUT2D eigenvalue weighted by molar-refractivity contribution is 9.10. The maximum atomic E-state index is 12.3. The minimum absolute atomic E-state index is 0. The Morgan fingerprint density at radius 1 is 1.21 bits per heavy atom. The van der Waals surface area contributed by atoms with Gasteiger partial charge in [0.2, 0.25) is 0 Å². The summed E-state index contributed by atoms with van der Waals surface area (Å²) in [5.41, 5.74) is 7.37. The summed E-state index contributed by atoms with van der Waals surface area (Å²) in [7, 11) is 0. The van der Waals surface area contributed by atoms with Crippen LogP contribution < -0.4 is 15.8 Å². The predicted octanol–water partition coefficient (Wildman–Crippen LogP) is 3.98. The van der Waals surface area contributed by atoms with Crippen LogP contribution in [0.15, 0.2) is 52.1 Å². The van der Waals surface area contributed by atoms with Gasteiger partial charge in [-0.15, -0.1) is 12.4 Å². The van der Waals surface area contributed by atoms with Crippen LogP contribution in [0.1, 0.15) is 17.5 Å². The zero-order valence-electron chi connectivity index (χ0n) is 15.7. The van der Waals surface area contributed by atoms with Crippen molar-refractivity contribution in [3.8, 4) is 5.75 Å². The van der Waals surface area contributed by atoms with E-state index in [2.05, 4.69) is 26.4 Å². The van der Waals surface area contributed by atoms with Crippen molar-refractivity contribution in [1.82, 2.24) is 5.32 Å². The number of nitrogens with zero attached hydrogens (tertiary/aromatic N) is 1. The monoisotopic (exact) mass is 503 g/mol. The summed E-state index contributed by atoms with van der Waals surface area (Å²) in [5.74, 6) is 0.294. The number of carbonyl (C=O) groups is 1. The van der Waals surface area contributed by atoms with Crippen LogP contribution in [0, 0.1) is 0 Å². The normalized spacial score (nSPS) is 10.9. The molecule has 9 heteroatoms. The molecule has 0 spiro atoms. The molecule has 0 saturated heterocycles. The van der Waals surface area contributed by atoms with Crippen LogP contribution in [0.25, 0.3) is 0 Å². The third-order valence-corrected chi connectivity index (χ3v) is 4.84. The Bertz CT molecular complexity index is 817. The number of benzene rings is 2. The van der Waals surface area contributed by atoms with E-state index in [1.165, 1.54) is 0 Å². The second-order valence-electron chi connectivity index (χ2n) is 6.11. The van der Waals surface area contributed by atoms with Crippen molar-refractivity contribution in [3.63, 3.8) is 0 Å². The molecule has 29 heavy (non-hydrogen) atoms. The van der Waals surface area contributed by atoms with Crippen molar-refractivity contribution in [2.24, 2.45) is 10.9 Å². The van der Waals surface area contributed by atoms with Gasteiger partial charge < -0.3 is 21.0 Å². The summed E-state index contributed by atoms with van der Waals surface area (Å²) < 4.78 is 6.39. The van der Waals surface area contributed by atoms with Crippen LogP contribution in [-0.4, -0.2) is 36.5 Å². The molecule has 0 aromatic heterocycles. The fourth-order valence-electron chi connectivity index (χ4n) is 2.46. The SMILES string of the molecule is Cl.NCCCOc1ccc(C/C(=N\O)C(=O)NCCc2ccc(Cl)cc2)cc1Br. The second-order valence-corrected chi connectivity index (χ2v) is 7.40. The standard InChI is InChI=1S/C20H23BrClN3O3.ClH/c21-17-12-15(4-7-19(17)28-11-1-9-23)13-18(25-27)20(26)24-10-8-14-2-5-16(22)6-3-14;/h2-7,12,27H,1,8-11,13,23H2,(H,24,26);1H/b25-18+;. The Morgan fingerprint density at radius 2 is 1.90 bits per heavy atom. The Hall–Kier alpha value is -1.80. The van der Waals surface area contributed by atoms with Crippen molar-refractivity contribution in [2.45, 2.75) is 19.3 Å².